The van der Waals surface area contributed by atoms with Gasteiger partial charge in [-0.25, -0.2) is 8.42 Å². The number of aliphatic carboxylic acids is 1. The number of nitrogens with zero attached hydrogens (tertiary/aromatic N) is 4. The molecule has 0 bridgehead atoms. The van der Waals surface area contributed by atoms with E-state index in [1.54, 1.807) is 0 Å². The van der Waals surface area contributed by atoms with E-state index >= 15 is 0 Å². The number of carbonyl (C=O) groups is 3. The molecule has 1 saturated carbocycles. The summed E-state index contributed by atoms with van der Waals surface area (Å²) in [7, 11) is -4.35. The number of halogens is 3. The number of piperidine rings is 1. The van der Waals surface area contributed by atoms with Crippen LogP contribution < -0.4 is 5.32 Å². The first kappa shape index (κ1) is 31.2. The van der Waals surface area contributed by atoms with Crippen molar-refractivity contribution in [2.75, 3.05) is 32.7 Å². The van der Waals surface area contributed by atoms with Gasteiger partial charge in [0.1, 0.15) is 11.6 Å². The van der Waals surface area contributed by atoms with Crippen LogP contribution in [0.3, 0.4) is 0 Å². The molecule has 0 aromatic heterocycles. The number of amides is 2. The fraction of sp³-hybridized carbons (Fsp3) is 0.643. The molecule has 2 N–H and O–H groups in total. The van der Waals surface area contributed by atoms with Gasteiger partial charge in [0.05, 0.1) is 34.2 Å². The first-order valence-corrected chi connectivity index (χ1v) is 15.9. The molecule has 0 radical (unpaired) electrons. The second-order valence-electron chi connectivity index (χ2n) is 11.9. The second kappa shape index (κ2) is 11.7. The van der Waals surface area contributed by atoms with Crippen LogP contribution in [0.4, 0.5) is 13.2 Å². The molecule has 3 atom stereocenters. The number of carbonyl (C=O) groups excluding carboxylic acids is 2. The van der Waals surface area contributed by atoms with E-state index in [1.807, 2.05) is 11.0 Å². The van der Waals surface area contributed by atoms with Crippen molar-refractivity contribution in [1.29, 1.82) is 5.26 Å². The van der Waals surface area contributed by atoms with E-state index in [0.717, 1.165) is 31.0 Å². The maximum atomic E-state index is 13.9. The Balaban J connectivity index is 1.33. The van der Waals surface area contributed by atoms with Crippen molar-refractivity contribution in [3.8, 4) is 6.07 Å². The van der Waals surface area contributed by atoms with Gasteiger partial charge in [-0.1, -0.05) is 6.07 Å². The van der Waals surface area contributed by atoms with Crippen molar-refractivity contribution in [1.82, 2.24) is 20.0 Å². The number of alkyl halides is 3. The molecular formula is C28H34F3N5O6S. The Kier molecular flexibility index (Phi) is 8.49. The number of carboxylic acids is 1. The maximum Gasteiger partial charge on any atom is 0.416 e. The zero-order valence-electron chi connectivity index (χ0n) is 23.4. The van der Waals surface area contributed by atoms with Gasteiger partial charge in [-0.15, -0.1) is 0 Å². The Morgan fingerprint density at radius 2 is 1.79 bits per heavy atom. The number of likely N-dealkylation sites (tertiary alicyclic amines) is 3. The van der Waals surface area contributed by atoms with Gasteiger partial charge in [-0.2, -0.15) is 18.4 Å². The predicted molar refractivity (Wildman–Crippen MR) is 145 cm³/mol. The third-order valence-corrected chi connectivity index (χ3v) is 11.2. The lowest BCUT2D eigenvalue weighted by Gasteiger charge is -2.49. The lowest BCUT2D eigenvalue weighted by atomic mass is 9.93. The molecule has 11 nitrogen and oxygen atoms in total. The van der Waals surface area contributed by atoms with Crippen molar-refractivity contribution >= 4 is 27.6 Å². The first-order valence-electron chi connectivity index (χ1n) is 14.4. The van der Waals surface area contributed by atoms with Crippen LogP contribution in [0.2, 0.25) is 0 Å². The molecule has 1 unspecified atom stereocenters. The standard InChI is InChI=1S/C28H34F3N5O6S/c29-28(30,31)18-2-1-3-20(14-18)43(41,42)21-15-23(25(39)33-27(17-32)8-9-27)36(16-21)26(40)22-6-13-35(22)19-4-10-34(11-5-19)12-7-24(37)38/h1-3,14,19,21-23H,4-13,15-16H2,(H,33,39)(H,37,38)/t21-,22?,23+/m1/s1. The monoisotopic (exact) mass is 625 g/mol. The van der Waals surface area contributed by atoms with Gasteiger partial charge in [-0.05, 0) is 69.8 Å². The molecule has 1 aromatic rings. The molecule has 1 aliphatic carbocycles. The van der Waals surface area contributed by atoms with Crippen molar-refractivity contribution in [2.45, 2.75) is 84.9 Å². The number of nitrogens with one attached hydrogen (secondary N) is 1. The van der Waals surface area contributed by atoms with Gasteiger partial charge in [-0.3, -0.25) is 19.3 Å². The molecule has 3 saturated heterocycles. The van der Waals surface area contributed by atoms with Crippen LogP contribution in [0.1, 0.15) is 50.5 Å². The molecule has 2 amide bonds. The topological polar surface area (TPSA) is 151 Å². The summed E-state index contributed by atoms with van der Waals surface area (Å²) in [4.78, 5) is 43.0. The van der Waals surface area contributed by atoms with E-state index in [9.17, 15) is 41.2 Å². The van der Waals surface area contributed by atoms with Crippen LogP contribution in [-0.2, 0) is 30.4 Å². The van der Waals surface area contributed by atoms with Crippen LogP contribution in [0.15, 0.2) is 29.2 Å². The molecule has 1 aromatic carbocycles. The minimum absolute atomic E-state index is 0.0472. The van der Waals surface area contributed by atoms with Crippen molar-refractivity contribution in [3.05, 3.63) is 29.8 Å². The highest BCUT2D eigenvalue weighted by Gasteiger charge is 2.52. The van der Waals surface area contributed by atoms with E-state index in [0.29, 0.717) is 51.5 Å². The van der Waals surface area contributed by atoms with E-state index in [1.165, 1.54) is 4.90 Å². The lowest BCUT2D eigenvalue weighted by molar-refractivity contribution is -0.149. The Hall–Kier alpha value is -3.22. The summed E-state index contributed by atoms with van der Waals surface area (Å²) in [6, 6.07) is 3.79. The third kappa shape index (κ3) is 6.51. The quantitative estimate of drug-likeness (QED) is 0.417. The van der Waals surface area contributed by atoms with E-state index < -0.39 is 67.1 Å². The number of benzene rings is 1. The number of rotatable bonds is 9. The number of hydrogen-bond donors (Lipinski definition) is 2. The van der Waals surface area contributed by atoms with Gasteiger partial charge in [0.25, 0.3) is 0 Å². The zero-order chi connectivity index (χ0) is 31.2. The van der Waals surface area contributed by atoms with Gasteiger partial charge in [0.2, 0.25) is 11.8 Å². The summed E-state index contributed by atoms with van der Waals surface area (Å²) in [5.41, 5.74) is -2.17. The van der Waals surface area contributed by atoms with Gasteiger partial charge < -0.3 is 20.2 Å². The Morgan fingerprint density at radius 1 is 1.09 bits per heavy atom. The van der Waals surface area contributed by atoms with Crippen LogP contribution in [0, 0.1) is 11.3 Å². The Morgan fingerprint density at radius 3 is 2.35 bits per heavy atom. The molecular weight excluding hydrogens is 591 g/mol. The molecule has 3 heterocycles. The van der Waals surface area contributed by atoms with Crippen LogP contribution >= 0.6 is 0 Å². The van der Waals surface area contributed by atoms with Gasteiger partial charge >= 0.3 is 12.1 Å². The van der Waals surface area contributed by atoms with Gasteiger partial charge in [0.15, 0.2) is 9.84 Å². The largest absolute Gasteiger partial charge is 0.481 e. The highest BCUT2D eigenvalue weighted by atomic mass is 32.2. The highest BCUT2D eigenvalue weighted by Crippen LogP contribution is 2.38. The number of nitriles is 1. The zero-order valence-corrected chi connectivity index (χ0v) is 24.2. The van der Waals surface area contributed by atoms with Crippen LogP contribution in [-0.4, -0.2) is 108 Å². The molecule has 5 rings (SSSR count). The minimum atomic E-state index is -4.75. The molecule has 3 aliphatic heterocycles. The lowest BCUT2D eigenvalue weighted by Crippen LogP contribution is -2.63. The van der Waals surface area contributed by atoms with Crippen LogP contribution in [0.5, 0.6) is 0 Å². The van der Waals surface area contributed by atoms with Crippen molar-refractivity contribution < 1.29 is 41.1 Å². The Bertz CT molecular complexity index is 1420. The summed E-state index contributed by atoms with van der Waals surface area (Å²) < 4.78 is 67.1. The third-order valence-electron chi connectivity index (χ3n) is 9.12. The smallest absolute Gasteiger partial charge is 0.416 e. The number of carboxylic acid groups (broad SMARTS) is 1. The molecule has 43 heavy (non-hydrogen) atoms. The predicted octanol–water partition coefficient (Wildman–Crippen LogP) is 1.63. The second-order valence-corrected chi connectivity index (χ2v) is 14.1. The normalized spacial score (nSPS) is 26.4. The summed E-state index contributed by atoms with van der Waals surface area (Å²) >= 11 is 0. The Labute approximate surface area is 247 Å². The summed E-state index contributed by atoms with van der Waals surface area (Å²) in [6.45, 7) is 2.09. The highest BCUT2D eigenvalue weighted by molar-refractivity contribution is 7.92. The fourth-order valence-corrected chi connectivity index (χ4v) is 8.03. The number of hydrogen-bond acceptors (Lipinski definition) is 8. The molecule has 15 heteroatoms. The SMILES string of the molecule is N#CC1(NC(=O)[C@@H]2C[C@@H](S(=O)(=O)c3cccc(C(F)(F)F)c3)CN2C(=O)C2CCN2C2CCN(CCC(=O)O)CC2)CC1. The summed E-state index contributed by atoms with van der Waals surface area (Å²) in [6.07, 6.45) is -2.17. The number of sulfone groups is 1. The summed E-state index contributed by atoms with van der Waals surface area (Å²) in [5.74, 6) is -1.93. The van der Waals surface area contributed by atoms with E-state index in [-0.39, 0.29) is 25.4 Å². The molecule has 0 spiro atoms. The maximum absolute atomic E-state index is 13.9. The van der Waals surface area contributed by atoms with Crippen molar-refractivity contribution in [2.24, 2.45) is 0 Å². The molecule has 4 fully saturated rings. The van der Waals surface area contributed by atoms with Crippen molar-refractivity contribution in [3.63, 3.8) is 0 Å². The van der Waals surface area contributed by atoms with E-state index in [2.05, 4.69) is 10.2 Å². The molecule has 4 aliphatic rings. The van der Waals surface area contributed by atoms with Gasteiger partial charge in [0, 0.05) is 25.7 Å². The average molecular weight is 626 g/mol. The van der Waals surface area contributed by atoms with E-state index in [4.69, 9.17) is 5.11 Å². The first-order chi connectivity index (χ1) is 20.2. The van der Waals surface area contributed by atoms with Crippen LogP contribution in [0.25, 0.3) is 0 Å². The molecule has 234 valence electrons. The average Bonchev–Trinajstić information content (AvgIpc) is 3.56. The fourth-order valence-electron chi connectivity index (χ4n) is 6.29. The summed E-state index contributed by atoms with van der Waals surface area (Å²) in [5, 5.41) is 19.8. The minimum Gasteiger partial charge on any atom is -0.481 e.